The lowest BCUT2D eigenvalue weighted by Crippen LogP contribution is -2.40. The number of carbonyl (C=O) groups is 3. The zero-order chi connectivity index (χ0) is 21.0. The summed E-state index contributed by atoms with van der Waals surface area (Å²) in [6.45, 7) is 4.09. The molecule has 1 aromatic carbocycles. The Bertz CT molecular complexity index is 843. The number of amides is 2. The number of benzene rings is 1. The molecule has 154 valence electrons. The van der Waals surface area contributed by atoms with Crippen LogP contribution >= 0.6 is 24.0 Å². The summed E-state index contributed by atoms with van der Waals surface area (Å²) in [5, 5.41) is 0. The molecule has 2 aliphatic heterocycles. The minimum absolute atomic E-state index is 0.0772. The molecule has 2 amide bonds. The number of thioether (sulfide) groups is 1. The van der Waals surface area contributed by atoms with Gasteiger partial charge in [-0.15, -0.1) is 0 Å². The number of nitrogens with zero attached hydrogens (tertiary/aromatic N) is 2. The molecule has 0 aromatic heterocycles. The van der Waals surface area contributed by atoms with Gasteiger partial charge in [0.05, 0.1) is 17.6 Å². The van der Waals surface area contributed by atoms with Crippen molar-refractivity contribution < 1.29 is 19.1 Å². The van der Waals surface area contributed by atoms with Gasteiger partial charge in [0, 0.05) is 26.1 Å². The van der Waals surface area contributed by atoms with Crippen LogP contribution in [0.4, 0.5) is 0 Å². The van der Waals surface area contributed by atoms with Crippen LogP contribution in [0.2, 0.25) is 0 Å². The Morgan fingerprint density at radius 2 is 1.90 bits per heavy atom. The van der Waals surface area contributed by atoms with Crippen LogP contribution in [0.1, 0.15) is 42.1 Å². The van der Waals surface area contributed by atoms with Gasteiger partial charge in [0.1, 0.15) is 4.32 Å². The van der Waals surface area contributed by atoms with Crippen LogP contribution in [0.25, 0.3) is 6.08 Å². The second kappa shape index (κ2) is 9.54. The van der Waals surface area contributed by atoms with Crippen LogP contribution in [-0.4, -0.2) is 58.6 Å². The first kappa shape index (κ1) is 21.5. The fourth-order valence-corrected chi connectivity index (χ4v) is 4.61. The number of hydrogen-bond donors (Lipinski definition) is 0. The van der Waals surface area contributed by atoms with E-state index in [1.54, 1.807) is 30.3 Å². The van der Waals surface area contributed by atoms with Crippen molar-refractivity contribution in [2.45, 2.75) is 26.2 Å². The molecule has 0 unspecified atom stereocenters. The van der Waals surface area contributed by atoms with E-state index in [0.29, 0.717) is 27.3 Å². The monoisotopic (exact) mass is 432 g/mol. The van der Waals surface area contributed by atoms with Gasteiger partial charge in [-0.1, -0.05) is 43.0 Å². The van der Waals surface area contributed by atoms with E-state index >= 15 is 0 Å². The highest BCUT2D eigenvalue weighted by Crippen LogP contribution is 2.32. The van der Waals surface area contributed by atoms with Crippen molar-refractivity contribution >= 4 is 52.2 Å². The molecule has 8 heteroatoms. The molecule has 0 atom stereocenters. The normalized spacial score (nSPS) is 19.2. The van der Waals surface area contributed by atoms with Gasteiger partial charge in [0.25, 0.3) is 5.91 Å². The van der Waals surface area contributed by atoms with E-state index in [1.807, 2.05) is 4.90 Å². The Kier molecular flexibility index (Phi) is 7.08. The van der Waals surface area contributed by atoms with Crippen molar-refractivity contribution in [3.8, 4) is 0 Å². The molecule has 0 aliphatic carbocycles. The number of likely N-dealkylation sites (tertiary alicyclic amines) is 1. The summed E-state index contributed by atoms with van der Waals surface area (Å²) >= 11 is 6.58. The fourth-order valence-electron chi connectivity index (χ4n) is 3.30. The minimum Gasteiger partial charge on any atom is -0.465 e. The minimum atomic E-state index is -0.407. The van der Waals surface area contributed by atoms with Gasteiger partial charge in [0.2, 0.25) is 5.91 Å². The van der Waals surface area contributed by atoms with E-state index in [1.165, 1.54) is 23.8 Å². The quantitative estimate of drug-likeness (QED) is 0.404. The lowest BCUT2D eigenvalue weighted by atomic mass is 9.99. The van der Waals surface area contributed by atoms with Crippen molar-refractivity contribution in [2.24, 2.45) is 5.92 Å². The summed E-state index contributed by atoms with van der Waals surface area (Å²) in [5.74, 6) is 0.152. The highest BCUT2D eigenvalue weighted by molar-refractivity contribution is 8.26. The summed E-state index contributed by atoms with van der Waals surface area (Å²) < 4.78 is 5.15. The first-order valence-corrected chi connectivity index (χ1v) is 10.8. The van der Waals surface area contributed by atoms with Gasteiger partial charge in [-0.2, -0.15) is 0 Å². The molecule has 3 rings (SSSR count). The maximum atomic E-state index is 12.7. The summed E-state index contributed by atoms with van der Waals surface area (Å²) in [6.07, 6.45) is 4.09. The first-order chi connectivity index (χ1) is 13.9. The summed E-state index contributed by atoms with van der Waals surface area (Å²) in [4.78, 5) is 40.6. The van der Waals surface area contributed by atoms with E-state index < -0.39 is 5.97 Å². The molecule has 0 bridgehead atoms. The molecule has 2 aliphatic rings. The zero-order valence-corrected chi connectivity index (χ0v) is 18.2. The summed E-state index contributed by atoms with van der Waals surface area (Å²) in [6, 6.07) is 6.80. The van der Waals surface area contributed by atoms with Crippen LogP contribution in [-0.2, 0) is 14.3 Å². The van der Waals surface area contributed by atoms with E-state index in [0.717, 1.165) is 31.5 Å². The van der Waals surface area contributed by atoms with Crippen LogP contribution < -0.4 is 0 Å². The predicted octanol–water partition coefficient (Wildman–Crippen LogP) is 3.32. The molecule has 2 fully saturated rings. The van der Waals surface area contributed by atoms with Crippen LogP contribution in [0.15, 0.2) is 29.2 Å². The highest BCUT2D eigenvalue weighted by Gasteiger charge is 2.32. The highest BCUT2D eigenvalue weighted by atomic mass is 32.2. The van der Waals surface area contributed by atoms with E-state index in [2.05, 4.69) is 11.7 Å². The molecule has 6 nitrogen and oxygen atoms in total. The smallest absolute Gasteiger partial charge is 0.337 e. The zero-order valence-electron chi connectivity index (χ0n) is 16.6. The maximum absolute atomic E-state index is 12.7. The topological polar surface area (TPSA) is 66.9 Å². The number of carbonyl (C=O) groups excluding carboxylic acids is 3. The second-order valence-corrected chi connectivity index (χ2v) is 8.94. The van der Waals surface area contributed by atoms with Crippen LogP contribution in [0, 0.1) is 5.92 Å². The lowest BCUT2D eigenvalue weighted by molar-refractivity contribution is -0.133. The Hall–Kier alpha value is -2.19. The fraction of sp³-hybridized carbons (Fsp3) is 0.429. The maximum Gasteiger partial charge on any atom is 0.337 e. The molecule has 29 heavy (non-hydrogen) atoms. The Morgan fingerprint density at radius 1 is 1.24 bits per heavy atom. The van der Waals surface area contributed by atoms with E-state index in [9.17, 15) is 14.4 Å². The number of thiocarbonyl (C=S) groups is 1. The molecule has 1 aromatic rings. The third kappa shape index (κ3) is 5.25. The number of ether oxygens (including phenoxy) is 1. The average Bonchev–Trinajstić information content (AvgIpc) is 2.99. The lowest BCUT2D eigenvalue weighted by Gasteiger charge is -2.30. The van der Waals surface area contributed by atoms with Crippen molar-refractivity contribution in [1.29, 1.82) is 0 Å². The van der Waals surface area contributed by atoms with Crippen LogP contribution in [0.3, 0.4) is 0 Å². The molecule has 2 saturated heterocycles. The van der Waals surface area contributed by atoms with Gasteiger partial charge < -0.3 is 9.64 Å². The number of esters is 1. The Labute approximate surface area is 180 Å². The number of rotatable bonds is 5. The number of hydrogen-bond acceptors (Lipinski definition) is 6. The summed E-state index contributed by atoms with van der Waals surface area (Å²) in [5.41, 5.74) is 1.24. The predicted molar refractivity (Wildman–Crippen MR) is 117 cm³/mol. The second-order valence-electron chi connectivity index (χ2n) is 7.26. The van der Waals surface area contributed by atoms with Crippen molar-refractivity contribution in [3.63, 3.8) is 0 Å². The van der Waals surface area contributed by atoms with E-state index in [-0.39, 0.29) is 18.2 Å². The standard InChI is InChI=1S/C21H24N2O4S2/c1-14-7-10-22(11-8-14)18(24)9-12-23-19(25)17(29-21(23)28)13-15-3-5-16(6-4-15)20(26)27-2/h3-6,13-14H,7-12H2,1-2H3. The molecule has 0 spiro atoms. The van der Waals surface area contributed by atoms with Gasteiger partial charge in [-0.05, 0) is 42.5 Å². The molecular formula is C21H24N2O4S2. The van der Waals surface area contributed by atoms with Gasteiger partial charge in [-0.25, -0.2) is 4.79 Å². The van der Waals surface area contributed by atoms with Crippen molar-refractivity contribution in [2.75, 3.05) is 26.7 Å². The van der Waals surface area contributed by atoms with E-state index in [4.69, 9.17) is 12.2 Å². The third-order valence-corrected chi connectivity index (χ3v) is 6.57. The Balaban J connectivity index is 1.59. The molecule has 0 saturated carbocycles. The third-order valence-electron chi connectivity index (χ3n) is 5.19. The number of methoxy groups -OCH3 is 1. The Morgan fingerprint density at radius 3 is 2.52 bits per heavy atom. The molecule has 0 radical (unpaired) electrons. The van der Waals surface area contributed by atoms with Gasteiger partial charge >= 0.3 is 5.97 Å². The number of piperidine rings is 1. The van der Waals surface area contributed by atoms with Crippen molar-refractivity contribution in [3.05, 3.63) is 40.3 Å². The first-order valence-electron chi connectivity index (χ1n) is 9.60. The molecule has 0 N–H and O–H groups in total. The van der Waals surface area contributed by atoms with Gasteiger partial charge in [-0.3, -0.25) is 14.5 Å². The average molecular weight is 433 g/mol. The SMILES string of the molecule is COC(=O)c1ccc(C=C2SC(=S)N(CCC(=O)N3CCC(C)CC3)C2=O)cc1. The van der Waals surface area contributed by atoms with Gasteiger partial charge in [0.15, 0.2) is 0 Å². The largest absolute Gasteiger partial charge is 0.465 e. The summed E-state index contributed by atoms with van der Waals surface area (Å²) in [7, 11) is 1.33. The molecule has 2 heterocycles. The van der Waals surface area contributed by atoms with Crippen LogP contribution in [0.5, 0.6) is 0 Å². The van der Waals surface area contributed by atoms with Crippen molar-refractivity contribution in [1.82, 2.24) is 9.80 Å². The molecular weight excluding hydrogens is 408 g/mol.